The Balaban J connectivity index is 1.91. The van der Waals surface area contributed by atoms with Crippen molar-refractivity contribution in [3.8, 4) is 0 Å². The van der Waals surface area contributed by atoms with Gasteiger partial charge in [0.05, 0.1) is 6.04 Å². The smallest absolute Gasteiger partial charge is 0.207 e. The average molecular weight is 249 g/mol. The molecule has 1 N–H and O–H groups in total. The molecule has 0 aromatic heterocycles. The van der Waals surface area contributed by atoms with Crippen LogP contribution in [0.2, 0.25) is 0 Å². The van der Waals surface area contributed by atoms with E-state index >= 15 is 0 Å². The molecule has 1 unspecified atom stereocenters. The van der Waals surface area contributed by atoms with E-state index in [0.29, 0.717) is 0 Å². The predicted octanol–water partition coefficient (Wildman–Crippen LogP) is 0.625. The fraction of sp³-hybridized carbons (Fsp3) is 0.643. The quantitative estimate of drug-likeness (QED) is 0.726. The molecule has 0 bridgehead atoms. The fourth-order valence-corrected chi connectivity index (χ4v) is 2.52. The van der Waals surface area contributed by atoms with Crippen molar-refractivity contribution in [3.63, 3.8) is 0 Å². The van der Waals surface area contributed by atoms with E-state index in [1.165, 1.54) is 5.57 Å². The molecule has 1 aliphatic heterocycles. The molecule has 0 radical (unpaired) electrons. The van der Waals surface area contributed by atoms with Crippen molar-refractivity contribution in [2.75, 3.05) is 39.8 Å². The van der Waals surface area contributed by atoms with Crippen LogP contribution in [0.15, 0.2) is 23.8 Å². The van der Waals surface area contributed by atoms with Crippen molar-refractivity contribution in [2.45, 2.75) is 18.9 Å². The molecule has 4 nitrogen and oxygen atoms in total. The molecule has 2 rings (SSSR count). The summed E-state index contributed by atoms with van der Waals surface area (Å²) in [4.78, 5) is 15.5. The summed E-state index contributed by atoms with van der Waals surface area (Å²) in [6, 6.07) is 0.141. The van der Waals surface area contributed by atoms with Crippen molar-refractivity contribution < 1.29 is 4.79 Å². The summed E-state index contributed by atoms with van der Waals surface area (Å²) in [7, 11) is 2.16. The van der Waals surface area contributed by atoms with Crippen LogP contribution in [0.3, 0.4) is 0 Å². The van der Waals surface area contributed by atoms with Crippen LogP contribution in [-0.2, 0) is 4.79 Å². The summed E-state index contributed by atoms with van der Waals surface area (Å²) in [5, 5.41) is 2.96. The molecule has 4 heteroatoms. The summed E-state index contributed by atoms with van der Waals surface area (Å²) < 4.78 is 0. The summed E-state index contributed by atoms with van der Waals surface area (Å²) in [5.74, 6) is 0. The number of carbonyl (C=O) groups excluding carboxylic acids is 1. The molecule has 1 aliphatic carbocycles. The van der Waals surface area contributed by atoms with Crippen molar-refractivity contribution in [1.29, 1.82) is 0 Å². The van der Waals surface area contributed by atoms with E-state index in [1.807, 2.05) is 0 Å². The van der Waals surface area contributed by atoms with Crippen molar-refractivity contribution >= 4 is 6.41 Å². The van der Waals surface area contributed by atoms with Gasteiger partial charge in [0, 0.05) is 32.7 Å². The number of nitrogens with one attached hydrogen (secondary N) is 1. The maximum atomic E-state index is 10.8. The maximum Gasteiger partial charge on any atom is 0.207 e. The van der Waals surface area contributed by atoms with Gasteiger partial charge in [-0.15, -0.1) is 0 Å². The van der Waals surface area contributed by atoms with Crippen LogP contribution in [0.5, 0.6) is 0 Å². The lowest BCUT2D eigenvalue weighted by Crippen LogP contribution is -2.49. The number of likely N-dealkylation sites (N-methyl/N-ethyl adjacent to an activating group) is 1. The second-order valence-corrected chi connectivity index (χ2v) is 5.12. The molecule has 18 heavy (non-hydrogen) atoms. The third-order valence-electron chi connectivity index (χ3n) is 3.73. The van der Waals surface area contributed by atoms with E-state index in [9.17, 15) is 4.79 Å². The molecule has 1 fully saturated rings. The first-order chi connectivity index (χ1) is 8.79. The molecule has 0 saturated carbocycles. The highest BCUT2D eigenvalue weighted by atomic mass is 16.1. The number of carbonyl (C=O) groups is 1. The zero-order valence-corrected chi connectivity index (χ0v) is 11.1. The number of hydrogen-bond acceptors (Lipinski definition) is 3. The van der Waals surface area contributed by atoms with Gasteiger partial charge in [-0.05, 0) is 25.5 Å². The Morgan fingerprint density at radius 2 is 2.11 bits per heavy atom. The van der Waals surface area contributed by atoms with Gasteiger partial charge in [0.2, 0.25) is 6.41 Å². The zero-order valence-electron chi connectivity index (χ0n) is 11.1. The molecule has 2 aliphatic rings. The minimum Gasteiger partial charge on any atom is -0.351 e. The maximum absolute atomic E-state index is 10.8. The van der Waals surface area contributed by atoms with Crippen molar-refractivity contribution in [1.82, 2.24) is 15.1 Å². The molecule has 0 aromatic rings. The van der Waals surface area contributed by atoms with Crippen LogP contribution in [0.1, 0.15) is 12.8 Å². The van der Waals surface area contributed by atoms with Gasteiger partial charge in [0.15, 0.2) is 0 Å². The predicted molar refractivity (Wildman–Crippen MR) is 73.4 cm³/mol. The first-order valence-corrected chi connectivity index (χ1v) is 6.77. The SMILES string of the molecule is CN1CCN(CC(NC=O)C2=CCCC=C2)CC1. The van der Waals surface area contributed by atoms with Crippen molar-refractivity contribution in [2.24, 2.45) is 0 Å². The minimum absolute atomic E-state index is 0.141. The third-order valence-corrected chi connectivity index (χ3v) is 3.73. The Bertz CT molecular complexity index is 330. The highest BCUT2D eigenvalue weighted by molar-refractivity contribution is 5.49. The average Bonchev–Trinajstić information content (AvgIpc) is 2.42. The molecule has 0 aromatic carbocycles. The Morgan fingerprint density at radius 3 is 2.72 bits per heavy atom. The van der Waals surface area contributed by atoms with Gasteiger partial charge in [-0.2, -0.15) is 0 Å². The number of piperazine rings is 1. The summed E-state index contributed by atoms with van der Waals surface area (Å²) in [5.41, 5.74) is 1.26. The highest BCUT2D eigenvalue weighted by Crippen LogP contribution is 2.15. The van der Waals surface area contributed by atoms with Crippen LogP contribution in [0.25, 0.3) is 0 Å². The van der Waals surface area contributed by atoms with E-state index in [2.05, 4.69) is 40.4 Å². The molecule has 1 atom stereocenters. The lowest BCUT2D eigenvalue weighted by atomic mass is 9.99. The van der Waals surface area contributed by atoms with Gasteiger partial charge in [0.1, 0.15) is 0 Å². The first-order valence-electron chi connectivity index (χ1n) is 6.77. The van der Waals surface area contributed by atoms with Crippen LogP contribution in [-0.4, -0.2) is 62.0 Å². The lowest BCUT2D eigenvalue weighted by Gasteiger charge is -2.35. The van der Waals surface area contributed by atoms with Gasteiger partial charge in [-0.25, -0.2) is 0 Å². The summed E-state index contributed by atoms with van der Waals surface area (Å²) in [6.45, 7) is 5.32. The van der Waals surface area contributed by atoms with Crippen LogP contribution < -0.4 is 5.32 Å². The van der Waals surface area contributed by atoms with Gasteiger partial charge < -0.3 is 10.2 Å². The number of hydrogen-bond donors (Lipinski definition) is 1. The van der Waals surface area contributed by atoms with Crippen LogP contribution in [0, 0.1) is 0 Å². The van der Waals surface area contributed by atoms with Gasteiger partial charge in [-0.3, -0.25) is 9.69 Å². The Morgan fingerprint density at radius 1 is 1.33 bits per heavy atom. The fourth-order valence-electron chi connectivity index (χ4n) is 2.52. The molecule has 1 heterocycles. The second-order valence-electron chi connectivity index (χ2n) is 5.12. The molecular formula is C14H23N3O. The molecule has 1 saturated heterocycles. The standard InChI is InChI=1S/C14H23N3O/c1-16-7-9-17(10-8-16)11-14(15-12-18)13-5-3-2-4-6-13/h3,5-6,12,14H,2,4,7-11H2,1H3,(H,15,18). The Hall–Kier alpha value is -1.13. The van der Waals surface area contributed by atoms with Crippen molar-refractivity contribution in [3.05, 3.63) is 23.8 Å². The normalized spacial score (nSPS) is 23.5. The molecule has 100 valence electrons. The molecular weight excluding hydrogens is 226 g/mol. The summed E-state index contributed by atoms with van der Waals surface area (Å²) >= 11 is 0. The number of nitrogens with zero attached hydrogens (tertiary/aromatic N) is 2. The van der Waals surface area contributed by atoms with E-state index in [4.69, 9.17) is 0 Å². The molecule has 0 spiro atoms. The topological polar surface area (TPSA) is 35.6 Å². The van der Waals surface area contributed by atoms with Gasteiger partial charge in [-0.1, -0.05) is 18.2 Å². The van der Waals surface area contributed by atoms with E-state index < -0.39 is 0 Å². The highest BCUT2D eigenvalue weighted by Gasteiger charge is 2.20. The number of amides is 1. The zero-order chi connectivity index (χ0) is 12.8. The van der Waals surface area contributed by atoms with E-state index in [-0.39, 0.29) is 6.04 Å². The van der Waals surface area contributed by atoms with Crippen LogP contribution >= 0.6 is 0 Å². The largest absolute Gasteiger partial charge is 0.351 e. The summed E-state index contributed by atoms with van der Waals surface area (Å²) in [6.07, 6.45) is 9.62. The number of allylic oxidation sites excluding steroid dienone is 2. The van der Waals surface area contributed by atoms with Crippen LogP contribution in [0.4, 0.5) is 0 Å². The first kappa shape index (κ1) is 13.3. The second kappa shape index (κ2) is 6.71. The lowest BCUT2D eigenvalue weighted by molar-refractivity contribution is -0.110. The number of rotatable bonds is 5. The Labute approximate surface area is 109 Å². The van der Waals surface area contributed by atoms with E-state index in [0.717, 1.165) is 52.0 Å². The van der Waals surface area contributed by atoms with Gasteiger partial charge in [0.25, 0.3) is 0 Å². The monoisotopic (exact) mass is 249 g/mol. The molecule has 1 amide bonds. The third kappa shape index (κ3) is 3.68. The van der Waals surface area contributed by atoms with Gasteiger partial charge >= 0.3 is 0 Å². The van der Waals surface area contributed by atoms with E-state index in [1.54, 1.807) is 0 Å². The Kier molecular flexibility index (Phi) is 4.96. The minimum atomic E-state index is 0.141.